The topological polar surface area (TPSA) is 55.1 Å². The van der Waals surface area contributed by atoms with Crippen molar-refractivity contribution in [3.05, 3.63) is 80.9 Å². The van der Waals surface area contributed by atoms with Crippen LogP contribution >= 0.6 is 22.6 Å². The summed E-state index contributed by atoms with van der Waals surface area (Å²) >= 11 is 2.21. The molecule has 0 aliphatic heterocycles. The van der Waals surface area contributed by atoms with E-state index in [4.69, 9.17) is 4.42 Å². The van der Waals surface area contributed by atoms with Gasteiger partial charge in [0.1, 0.15) is 5.52 Å². The summed E-state index contributed by atoms with van der Waals surface area (Å²) in [6.45, 7) is 4.11. The number of carbonyl (C=O) groups excluding carboxylic acids is 1. The number of benzene rings is 3. The van der Waals surface area contributed by atoms with Gasteiger partial charge in [-0.1, -0.05) is 6.07 Å². The third-order valence-corrected chi connectivity index (χ3v) is 5.20. The van der Waals surface area contributed by atoms with Crippen LogP contribution < -0.4 is 5.32 Å². The van der Waals surface area contributed by atoms with E-state index in [9.17, 15) is 4.79 Å². The monoisotopic (exact) mass is 468 g/mol. The van der Waals surface area contributed by atoms with Crippen LogP contribution in [0.2, 0.25) is 0 Å². The highest BCUT2D eigenvalue weighted by atomic mass is 127. The highest BCUT2D eigenvalue weighted by Gasteiger charge is 2.11. The summed E-state index contributed by atoms with van der Waals surface area (Å²) in [5, 5.41) is 2.93. The van der Waals surface area contributed by atoms with E-state index in [1.54, 1.807) is 0 Å². The maximum Gasteiger partial charge on any atom is 0.255 e. The van der Waals surface area contributed by atoms with Gasteiger partial charge in [-0.2, -0.15) is 0 Å². The summed E-state index contributed by atoms with van der Waals surface area (Å²) < 4.78 is 7.01. The summed E-state index contributed by atoms with van der Waals surface area (Å²) in [5.74, 6) is 0.396. The zero-order chi connectivity index (χ0) is 19.0. The van der Waals surface area contributed by atoms with Crippen molar-refractivity contribution in [2.75, 3.05) is 5.32 Å². The second-order valence-electron chi connectivity index (χ2n) is 6.47. The van der Waals surface area contributed by atoms with Gasteiger partial charge in [0.15, 0.2) is 5.58 Å². The number of amides is 1. The Morgan fingerprint density at radius 2 is 1.74 bits per heavy atom. The highest BCUT2D eigenvalue weighted by Crippen LogP contribution is 2.28. The Morgan fingerprint density at radius 3 is 2.52 bits per heavy atom. The zero-order valence-electron chi connectivity index (χ0n) is 14.9. The largest absolute Gasteiger partial charge is 0.436 e. The van der Waals surface area contributed by atoms with Crippen molar-refractivity contribution in [2.24, 2.45) is 0 Å². The van der Waals surface area contributed by atoms with Gasteiger partial charge in [0.25, 0.3) is 5.91 Å². The quantitative estimate of drug-likeness (QED) is 0.377. The molecule has 4 rings (SSSR count). The molecule has 0 radical (unpaired) electrons. The average molecular weight is 468 g/mol. The molecule has 27 heavy (non-hydrogen) atoms. The van der Waals surface area contributed by atoms with Crippen molar-refractivity contribution >= 4 is 45.3 Å². The van der Waals surface area contributed by atoms with Crippen LogP contribution in [0, 0.1) is 17.4 Å². The van der Waals surface area contributed by atoms with Gasteiger partial charge in [-0.15, -0.1) is 0 Å². The average Bonchev–Trinajstić information content (AvgIpc) is 3.05. The van der Waals surface area contributed by atoms with E-state index < -0.39 is 0 Å². The van der Waals surface area contributed by atoms with Gasteiger partial charge in [0.05, 0.1) is 0 Å². The van der Waals surface area contributed by atoms with Crippen LogP contribution in [0.3, 0.4) is 0 Å². The van der Waals surface area contributed by atoms with Gasteiger partial charge >= 0.3 is 0 Å². The number of fused-ring (bicyclic) bond motifs is 1. The minimum absolute atomic E-state index is 0.146. The summed E-state index contributed by atoms with van der Waals surface area (Å²) in [5.41, 5.74) is 6.09. The third kappa shape index (κ3) is 3.73. The SMILES string of the molecule is Cc1cc2nc(-c3cccc(NC(=O)c4ccc(I)cc4)c3)oc2cc1C. The molecule has 5 heteroatoms. The minimum atomic E-state index is -0.146. The molecular formula is C22H17IN2O2. The Balaban J connectivity index is 1.62. The third-order valence-electron chi connectivity index (χ3n) is 4.48. The molecule has 1 heterocycles. The van der Waals surface area contributed by atoms with Gasteiger partial charge in [-0.05, 0) is 102 Å². The molecule has 0 fully saturated rings. The Kier molecular flexibility index (Phi) is 4.70. The van der Waals surface area contributed by atoms with Gasteiger partial charge < -0.3 is 9.73 Å². The van der Waals surface area contributed by atoms with Crippen LogP contribution in [0.5, 0.6) is 0 Å². The van der Waals surface area contributed by atoms with E-state index in [0.717, 1.165) is 20.2 Å². The molecule has 1 N–H and O–H groups in total. The van der Waals surface area contributed by atoms with E-state index in [0.29, 0.717) is 17.1 Å². The Labute approximate surface area is 170 Å². The van der Waals surface area contributed by atoms with Crippen molar-refractivity contribution in [3.8, 4) is 11.5 Å². The van der Waals surface area contributed by atoms with Gasteiger partial charge in [0, 0.05) is 20.4 Å². The maximum absolute atomic E-state index is 12.4. The molecule has 4 nitrogen and oxygen atoms in total. The molecule has 0 aliphatic carbocycles. The number of aromatic nitrogens is 1. The van der Waals surface area contributed by atoms with Crippen LogP contribution in [-0.4, -0.2) is 10.9 Å². The number of aryl methyl sites for hydroxylation is 2. The molecular weight excluding hydrogens is 451 g/mol. The number of halogens is 1. The molecule has 0 unspecified atom stereocenters. The predicted molar refractivity (Wildman–Crippen MR) is 116 cm³/mol. The molecule has 0 spiro atoms. The Morgan fingerprint density at radius 1 is 1.00 bits per heavy atom. The Hall–Kier alpha value is -2.67. The second-order valence-corrected chi connectivity index (χ2v) is 7.71. The lowest BCUT2D eigenvalue weighted by Gasteiger charge is -2.06. The van der Waals surface area contributed by atoms with Crippen LogP contribution in [0.4, 0.5) is 5.69 Å². The van der Waals surface area contributed by atoms with E-state index in [1.807, 2.05) is 60.7 Å². The molecule has 4 aromatic rings. The second kappa shape index (κ2) is 7.15. The van der Waals surface area contributed by atoms with Crippen LogP contribution in [0.15, 0.2) is 65.1 Å². The number of hydrogen-bond acceptors (Lipinski definition) is 3. The van der Waals surface area contributed by atoms with E-state index in [2.05, 4.69) is 46.7 Å². The Bertz CT molecular complexity index is 1110. The standard InChI is InChI=1S/C22H17IN2O2/c1-13-10-19-20(11-14(13)2)27-22(25-19)16-4-3-5-18(12-16)24-21(26)15-6-8-17(23)9-7-15/h3-12H,1-2H3,(H,24,26). The number of nitrogens with zero attached hydrogens (tertiary/aromatic N) is 1. The molecule has 1 aromatic heterocycles. The fourth-order valence-electron chi connectivity index (χ4n) is 2.84. The van der Waals surface area contributed by atoms with Crippen molar-refractivity contribution in [1.82, 2.24) is 4.98 Å². The first-order valence-corrected chi connectivity index (χ1v) is 9.62. The lowest BCUT2D eigenvalue weighted by atomic mass is 10.1. The van der Waals surface area contributed by atoms with Crippen molar-refractivity contribution in [3.63, 3.8) is 0 Å². The molecule has 134 valence electrons. The summed E-state index contributed by atoms with van der Waals surface area (Å²) in [7, 11) is 0. The molecule has 3 aromatic carbocycles. The molecule has 0 atom stereocenters. The molecule has 0 aliphatic rings. The number of rotatable bonds is 3. The summed E-state index contributed by atoms with van der Waals surface area (Å²) in [4.78, 5) is 17.0. The van der Waals surface area contributed by atoms with Crippen molar-refractivity contribution in [2.45, 2.75) is 13.8 Å². The lowest BCUT2D eigenvalue weighted by molar-refractivity contribution is 0.102. The highest BCUT2D eigenvalue weighted by molar-refractivity contribution is 14.1. The number of oxazole rings is 1. The van der Waals surface area contributed by atoms with E-state index >= 15 is 0 Å². The lowest BCUT2D eigenvalue weighted by Crippen LogP contribution is -2.11. The normalized spacial score (nSPS) is 10.9. The van der Waals surface area contributed by atoms with Crippen molar-refractivity contribution < 1.29 is 9.21 Å². The smallest absolute Gasteiger partial charge is 0.255 e. The fourth-order valence-corrected chi connectivity index (χ4v) is 3.20. The first-order valence-electron chi connectivity index (χ1n) is 8.55. The number of nitrogens with one attached hydrogen (secondary N) is 1. The fraction of sp³-hybridized carbons (Fsp3) is 0.0909. The first-order chi connectivity index (χ1) is 13.0. The first kappa shape index (κ1) is 17.7. The summed E-state index contributed by atoms with van der Waals surface area (Å²) in [6.07, 6.45) is 0. The zero-order valence-corrected chi connectivity index (χ0v) is 17.1. The van der Waals surface area contributed by atoms with E-state index in [1.165, 1.54) is 11.1 Å². The maximum atomic E-state index is 12.4. The van der Waals surface area contributed by atoms with Crippen LogP contribution in [-0.2, 0) is 0 Å². The van der Waals surface area contributed by atoms with Crippen LogP contribution in [0.1, 0.15) is 21.5 Å². The van der Waals surface area contributed by atoms with Gasteiger partial charge in [-0.25, -0.2) is 4.98 Å². The van der Waals surface area contributed by atoms with Gasteiger partial charge in [-0.3, -0.25) is 4.79 Å². The van der Waals surface area contributed by atoms with Crippen molar-refractivity contribution in [1.29, 1.82) is 0 Å². The molecule has 1 amide bonds. The number of carbonyl (C=O) groups is 1. The van der Waals surface area contributed by atoms with Crippen LogP contribution in [0.25, 0.3) is 22.6 Å². The minimum Gasteiger partial charge on any atom is -0.436 e. The van der Waals surface area contributed by atoms with E-state index in [-0.39, 0.29) is 5.91 Å². The summed E-state index contributed by atoms with van der Waals surface area (Å²) in [6, 6.07) is 19.0. The number of hydrogen-bond donors (Lipinski definition) is 1. The predicted octanol–water partition coefficient (Wildman–Crippen LogP) is 5.97. The molecule has 0 bridgehead atoms. The van der Waals surface area contributed by atoms with Gasteiger partial charge in [0.2, 0.25) is 5.89 Å². The molecule has 0 saturated carbocycles. The molecule has 0 saturated heterocycles. The number of anilines is 1.